The molecule has 1 aromatic rings. The van der Waals surface area contributed by atoms with E-state index in [1.165, 1.54) is 12.1 Å². The van der Waals surface area contributed by atoms with Gasteiger partial charge in [0.2, 0.25) is 0 Å². The van der Waals surface area contributed by atoms with E-state index in [2.05, 4.69) is 10.6 Å². The Kier molecular flexibility index (Phi) is 2.26. The van der Waals surface area contributed by atoms with Crippen molar-refractivity contribution in [1.82, 2.24) is 10.6 Å². The molecule has 0 bridgehead atoms. The number of amides is 2. The Labute approximate surface area is 85.7 Å². The first-order valence-electron chi connectivity index (χ1n) is 4.44. The molecule has 1 atom stereocenters. The number of nitrogens with zero attached hydrogens (tertiary/aromatic N) is 1. The molecular formula is C10H8FN3O. The summed E-state index contributed by atoms with van der Waals surface area (Å²) in [6.07, 6.45) is 0. The van der Waals surface area contributed by atoms with Crippen LogP contribution >= 0.6 is 0 Å². The van der Waals surface area contributed by atoms with Crippen LogP contribution in [0.15, 0.2) is 18.2 Å². The number of rotatable bonds is 1. The first-order chi connectivity index (χ1) is 7.20. The molecule has 4 nitrogen and oxygen atoms in total. The maximum Gasteiger partial charge on any atom is 0.315 e. The number of nitriles is 1. The predicted octanol–water partition coefficient (Wildman–Crippen LogP) is 1.05. The van der Waals surface area contributed by atoms with Crippen molar-refractivity contribution in [3.8, 4) is 6.07 Å². The van der Waals surface area contributed by atoms with Crippen molar-refractivity contribution >= 4 is 6.03 Å². The van der Waals surface area contributed by atoms with E-state index in [9.17, 15) is 9.18 Å². The Bertz CT molecular complexity index is 452. The van der Waals surface area contributed by atoms with E-state index in [0.29, 0.717) is 6.54 Å². The highest BCUT2D eigenvalue weighted by atomic mass is 19.1. The molecule has 2 amide bonds. The molecule has 5 heteroatoms. The van der Waals surface area contributed by atoms with Gasteiger partial charge in [-0.25, -0.2) is 9.18 Å². The van der Waals surface area contributed by atoms with Crippen molar-refractivity contribution in [3.05, 3.63) is 35.1 Å². The number of halogens is 1. The molecule has 0 aliphatic carbocycles. The zero-order valence-corrected chi connectivity index (χ0v) is 7.75. The normalized spacial score (nSPS) is 19.2. The van der Waals surface area contributed by atoms with E-state index in [1.54, 1.807) is 12.1 Å². The standard InChI is InChI=1S/C10H8FN3O/c11-8-2-1-6(3-7(8)4-12)9-5-13-10(15)14-9/h1-3,9H,5H2,(H2,13,14,15)/t9-/m0/s1. The fourth-order valence-electron chi connectivity index (χ4n) is 1.50. The molecule has 15 heavy (non-hydrogen) atoms. The van der Waals surface area contributed by atoms with Gasteiger partial charge in [0.25, 0.3) is 0 Å². The van der Waals surface area contributed by atoms with Crippen LogP contribution in [-0.4, -0.2) is 12.6 Å². The smallest absolute Gasteiger partial charge is 0.315 e. The van der Waals surface area contributed by atoms with Crippen LogP contribution in [0.5, 0.6) is 0 Å². The summed E-state index contributed by atoms with van der Waals surface area (Å²) >= 11 is 0. The molecule has 2 rings (SSSR count). The topological polar surface area (TPSA) is 64.9 Å². The van der Waals surface area contributed by atoms with Gasteiger partial charge in [0.05, 0.1) is 11.6 Å². The summed E-state index contributed by atoms with van der Waals surface area (Å²) in [5.74, 6) is -0.543. The van der Waals surface area contributed by atoms with Crippen LogP contribution in [0, 0.1) is 17.1 Å². The van der Waals surface area contributed by atoms with Crippen molar-refractivity contribution < 1.29 is 9.18 Å². The van der Waals surface area contributed by atoms with Crippen LogP contribution in [-0.2, 0) is 0 Å². The number of carbonyl (C=O) groups excluding carboxylic acids is 1. The number of nitrogens with one attached hydrogen (secondary N) is 2. The van der Waals surface area contributed by atoms with E-state index in [-0.39, 0.29) is 17.6 Å². The zero-order chi connectivity index (χ0) is 10.8. The summed E-state index contributed by atoms with van der Waals surface area (Å²) in [6.45, 7) is 0.454. The molecule has 1 fully saturated rings. The second-order valence-corrected chi connectivity index (χ2v) is 3.26. The Balaban J connectivity index is 2.30. The number of hydrogen-bond donors (Lipinski definition) is 2. The molecule has 76 valence electrons. The molecule has 0 unspecified atom stereocenters. The van der Waals surface area contributed by atoms with E-state index < -0.39 is 5.82 Å². The van der Waals surface area contributed by atoms with Gasteiger partial charge < -0.3 is 10.6 Å². The molecule has 0 saturated carbocycles. The highest BCUT2D eigenvalue weighted by molar-refractivity contribution is 5.76. The quantitative estimate of drug-likeness (QED) is 0.719. The molecule has 0 radical (unpaired) electrons. The van der Waals surface area contributed by atoms with Gasteiger partial charge in [-0.3, -0.25) is 0 Å². The fraction of sp³-hybridized carbons (Fsp3) is 0.200. The minimum absolute atomic E-state index is 0.00588. The molecular weight excluding hydrogens is 197 g/mol. The van der Waals surface area contributed by atoms with Gasteiger partial charge in [0, 0.05) is 6.54 Å². The molecule has 1 heterocycles. The van der Waals surface area contributed by atoms with Crippen LogP contribution in [0.2, 0.25) is 0 Å². The maximum atomic E-state index is 13.0. The van der Waals surface area contributed by atoms with E-state index in [4.69, 9.17) is 5.26 Å². The second kappa shape index (κ2) is 3.58. The van der Waals surface area contributed by atoms with Gasteiger partial charge in [0.15, 0.2) is 0 Å². The summed E-state index contributed by atoms with van der Waals surface area (Å²) in [6, 6.07) is 5.57. The third kappa shape index (κ3) is 1.74. The van der Waals surface area contributed by atoms with Crippen molar-refractivity contribution in [2.75, 3.05) is 6.54 Å². The molecule has 2 N–H and O–H groups in total. The summed E-state index contributed by atoms with van der Waals surface area (Å²) in [5, 5.41) is 13.9. The summed E-state index contributed by atoms with van der Waals surface area (Å²) < 4.78 is 13.0. The maximum absolute atomic E-state index is 13.0. The third-order valence-electron chi connectivity index (χ3n) is 2.29. The van der Waals surface area contributed by atoms with E-state index in [1.807, 2.05) is 0 Å². The Hall–Kier alpha value is -2.09. The van der Waals surface area contributed by atoms with Crippen molar-refractivity contribution in [1.29, 1.82) is 5.26 Å². The van der Waals surface area contributed by atoms with Gasteiger partial charge in [-0.05, 0) is 17.7 Å². The van der Waals surface area contributed by atoms with Crippen LogP contribution in [0.25, 0.3) is 0 Å². The molecule has 1 aromatic carbocycles. The van der Waals surface area contributed by atoms with Crippen molar-refractivity contribution in [2.24, 2.45) is 0 Å². The van der Waals surface area contributed by atoms with Gasteiger partial charge in [-0.15, -0.1) is 0 Å². The molecule has 1 aliphatic heterocycles. The van der Waals surface area contributed by atoms with E-state index >= 15 is 0 Å². The lowest BCUT2D eigenvalue weighted by atomic mass is 10.0. The lowest BCUT2D eigenvalue weighted by Gasteiger charge is -2.08. The minimum atomic E-state index is -0.543. The summed E-state index contributed by atoms with van der Waals surface area (Å²) in [7, 11) is 0. The molecule has 0 aromatic heterocycles. The number of benzene rings is 1. The van der Waals surface area contributed by atoms with Crippen LogP contribution in [0.3, 0.4) is 0 Å². The second-order valence-electron chi connectivity index (χ2n) is 3.26. The molecule has 1 aliphatic rings. The average Bonchev–Trinajstić information content (AvgIpc) is 2.66. The Morgan fingerprint density at radius 2 is 2.33 bits per heavy atom. The number of urea groups is 1. The fourth-order valence-corrected chi connectivity index (χ4v) is 1.50. The lowest BCUT2D eigenvalue weighted by Crippen LogP contribution is -2.21. The van der Waals surface area contributed by atoms with Crippen molar-refractivity contribution in [3.63, 3.8) is 0 Å². The lowest BCUT2D eigenvalue weighted by molar-refractivity contribution is 0.247. The highest BCUT2D eigenvalue weighted by Gasteiger charge is 2.22. The molecule has 1 saturated heterocycles. The van der Waals surface area contributed by atoms with Crippen LogP contribution < -0.4 is 10.6 Å². The van der Waals surface area contributed by atoms with Crippen LogP contribution in [0.1, 0.15) is 17.2 Å². The van der Waals surface area contributed by atoms with Crippen molar-refractivity contribution in [2.45, 2.75) is 6.04 Å². The third-order valence-corrected chi connectivity index (χ3v) is 2.29. The van der Waals surface area contributed by atoms with Gasteiger partial charge in [0.1, 0.15) is 11.9 Å². The first kappa shape index (κ1) is 9.46. The summed E-state index contributed by atoms with van der Waals surface area (Å²) in [4.78, 5) is 10.9. The minimum Gasteiger partial charge on any atom is -0.336 e. The number of carbonyl (C=O) groups is 1. The molecule has 0 spiro atoms. The van der Waals surface area contributed by atoms with Gasteiger partial charge in [-0.1, -0.05) is 6.07 Å². The first-order valence-corrected chi connectivity index (χ1v) is 4.44. The Morgan fingerprint density at radius 3 is 2.93 bits per heavy atom. The monoisotopic (exact) mass is 205 g/mol. The summed E-state index contributed by atoms with van der Waals surface area (Å²) in [5.41, 5.74) is 0.722. The zero-order valence-electron chi connectivity index (χ0n) is 7.75. The van der Waals surface area contributed by atoms with Gasteiger partial charge in [-0.2, -0.15) is 5.26 Å². The predicted molar refractivity (Wildman–Crippen MR) is 50.4 cm³/mol. The Morgan fingerprint density at radius 1 is 1.53 bits per heavy atom. The van der Waals surface area contributed by atoms with Crippen LogP contribution in [0.4, 0.5) is 9.18 Å². The largest absolute Gasteiger partial charge is 0.336 e. The average molecular weight is 205 g/mol. The SMILES string of the molecule is N#Cc1cc([C@@H]2CNC(=O)N2)ccc1F. The highest BCUT2D eigenvalue weighted by Crippen LogP contribution is 2.18. The number of hydrogen-bond acceptors (Lipinski definition) is 2. The van der Waals surface area contributed by atoms with E-state index in [0.717, 1.165) is 5.56 Å². The van der Waals surface area contributed by atoms with Gasteiger partial charge >= 0.3 is 6.03 Å².